The highest BCUT2D eigenvalue weighted by atomic mass is 16.5. The third-order valence-electron chi connectivity index (χ3n) is 2.72. The molecule has 0 saturated heterocycles. The summed E-state index contributed by atoms with van der Waals surface area (Å²) in [5.41, 5.74) is 1.84. The molecule has 0 aliphatic rings. The van der Waals surface area contributed by atoms with E-state index in [9.17, 15) is 4.79 Å². The monoisotopic (exact) mass is 245 g/mol. The van der Waals surface area contributed by atoms with Crippen LogP contribution in [-0.2, 0) is 11.2 Å². The average Bonchev–Trinajstić information content (AvgIpc) is 2.77. The van der Waals surface area contributed by atoms with Crippen LogP contribution in [0.25, 0.3) is 11.4 Å². The number of Topliss-reactive ketones (excluding diaryl/α,β-unsaturated/α-hetero) is 1. The lowest BCUT2D eigenvalue weighted by atomic mass is 10.1. The smallest absolute Gasteiger partial charge is 0.234 e. The molecule has 0 spiro atoms. The third kappa shape index (κ3) is 2.61. The molecule has 0 aliphatic carbocycles. The first kappa shape index (κ1) is 12.4. The van der Waals surface area contributed by atoms with Crippen LogP contribution in [0.15, 0.2) is 23.0 Å². The molecule has 0 aromatic carbocycles. The Morgan fingerprint density at radius 3 is 2.89 bits per heavy atom. The second-order valence-corrected chi connectivity index (χ2v) is 4.50. The van der Waals surface area contributed by atoms with E-state index in [1.807, 2.05) is 26.8 Å². The van der Waals surface area contributed by atoms with Gasteiger partial charge in [0.05, 0.1) is 6.42 Å². The molecule has 0 bridgehead atoms. The van der Waals surface area contributed by atoms with Crippen LogP contribution in [0.2, 0.25) is 0 Å². The van der Waals surface area contributed by atoms with Crippen LogP contribution in [0.1, 0.15) is 25.3 Å². The van der Waals surface area contributed by atoms with Crippen LogP contribution in [0, 0.1) is 12.8 Å². The van der Waals surface area contributed by atoms with E-state index in [0.29, 0.717) is 11.7 Å². The van der Waals surface area contributed by atoms with Crippen LogP contribution < -0.4 is 0 Å². The largest absolute Gasteiger partial charge is 0.338 e. The Morgan fingerprint density at radius 2 is 2.22 bits per heavy atom. The maximum absolute atomic E-state index is 11.6. The molecule has 2 aromatic heterocycles. The first-order valence-electron chi connectivity index (χ1n) is 5.84. The lowest BCUT2D eigenvalue weighted by Crippen LogP contribution is -2.10. The van der Waals surface area contributed by atoms with E-state index in [4.69, 9.17) is 4.52 Å². The van der Waals surface area contributed by atoms with Gasteiger partial charge in [-0.1, -0.05) is 19.0 Å². The summed E-state index contributed by atoms with van der Waals surface area (Å²) in [4.78, 5) is 19.8. The predicted octanol–water partition coefficient (Wildman–Crippen LogP) is 2.21. The summed E-state index contributed by atoms with van der Waals surface area (Å²) < 4.78 is 5.09. The summed E-state index contributed by atoms with van der Waals surface area (Å²) in [6.07, 6.45) is 3.58. The van der Waals surface area contributed by atoms with Crippen molar-refractivity contribution in [2.75, 3.05) is 0 Å². The van der Waals surface area contributed by atoms with Gasteiger partial charge in [-0.3, -0.25) is 9.78 Å². The molecule has 0 saturated carbocycles. The second kappa shape index (κ2) is 5.08. The van der Waals surface area contributed by atoms with Gasteiger partial charge in [-0.25, -0.2) is 0 Å². The van der Waals surface area contributed by atoms with Crippen molar-refractivity contribution in [1.29, 1.82) is 0 Å². The molecule has 2 heterocycles. The highest BCUT2D eigenvalue weighted by Crippen LogP contribution is 2.19. The van der Waals surface area contributed by atoms with E-state index in [0.717, 1.165) is 11.1 Å². The lowest BCUT2D eigenvalue weighted by Gasteiger charge is -1.99. The molecule has 5 nitrogen and oxygen atoms in total. The first-order valence-corrected chi connectivity index (χ1v) is 5.84. The molecule has 0 aliphatic heterocycles. The summed E-state index contributed by atoms with van der Waals surface area (Å²) in [5, 5.41) is 3.88. The number of rotatable bonds is 4. The SMILES string of the molecule is Cc1ccncc1-c1noc(CC(=O)C(C)C)n1. The van der Waals surface area contributed by atoms with E-state index in [-0.39, 0.29) is 18.1 Å². The molecule has 0 unspecified atom stereocenters. The summed E-state index contributed by atoms with van der Waals surface area (Å²) in [7, 11) is 0. The summed E-state index contributed by atoms with van der Waals surface area (Å²) in [6, 6.07) is 1.88. The van der Waals surface area contributed by atoms with Gasteiger partial charge in [0.2, 0.25) is 11.7 Å². The van der Waals surface area contributed by atoms with Crippen LogP contribution in [-0.4, -0.2) is 20.9 Å². The Bertz CT molecular complexity index is 561. The molecule has 2 aromatic rings. The van der Waals surface area contributed by atoms with E-state index in [1.54, 1.807) is 12.4 Å². The van der Waals surface area contributed by atoms with Gasteiger partial charge in [0.15, 0.2) is 0 Å². The van der Waals surface area contributed by atoms with Crippen molar-refractivity contribution in [3.8, 4) is 11.4 Å². The third-order valence-corrected chi connectivity index (χ3v) is 2.72. The standard InChI is InChI=1S/C13H15N3O2/c1-8(2)11(17)6-12-15-13(16-18-12)10-7-14-5-4-9(10)3/h4-5,7-8H,6H2,1-3H3. The number of aromatic nitrogens is 3. The fourth-order valence-corrected chi connectivity index (χ4v) is 1.49. The van der Waals surface area contributed by atoms with Gasteiger partial charge >= 0.3 is 0 Å². The van der Waals surface area contributed by atoms with Gasteiger partial charge in [-0.2, -0.15) is 4.98 Å². The molecule has 0 atom stereocenters. The molecule has 2 rings (SSSR count). The van der Waals surface area contributed by atoms with Crippen molar-refractivity contribution in [2.24, 2.45) is 5.92 Å². The van der Waals surface area contributed by atoms with Crippen LogP contribution in [0.5, 0.6) is 0 Å². The minimum atomic E-state index is -0.0273. The number of hydrogen-bond acceptors (Lipinski definition) is 5. The van der Waals surface area contributed by atoms with Gasteiger partial charge in [0.1, 0.15) is 5.78 Å². The number of carbonyl (C=O) groups excluding carboxylic acids is 1. The van der Waals surface area contributed by atoms with Crippen LogP contribution in [0.4, 0.5) is 0 Å². The van der Waals surface area contributed by atoms with E-state index >= 15 is 0 Å². The topological polar surface area (TPSA) is 68.9 Å². The van der Waals surface area contributed by atoms with E-state index in [2.05, 4.69) is 15.1 Å². The zero-order valence-corrected chi connectivity index (χ0v) is 10.7. The van der Waals surface area contributed by atoms with Crippen molar-refractivity contribution < 1.29 is 9.32 Å². The normalized spacial score (nSPS) is 10.9. The maximum Gasteiger partial charge on any atom is 0.234 e. The average molecular weight is 245 g/mol. The van der Waals surface area contributed by atoms with Gasteiger partial charge in [-0.15, -0.1) is 0 Å². The lowest BCUT2D eigenvalue weighted by molar-refractivity contribution is -0.121. The molecular weight excluding hydrogens is 230 g/mol. The number of aryl methyl sites for hydroxylation is 1. The zero-order chi connectivity index (χ0) is 13.1. The Labute approximate surface area is 105 Å². The molecule has 0 fully saturated rings. The number of carbonyl (C=O) groups is 1. The Morgan fingerprint density at radius 1 is 1.44 bits per heavy atom. The summed E-state index contributed by atoms with van der Waals surface area (Å²) in [5.74, 6) is 0.896. The van der Waals surface area contributed by atoms with Crippen LogP contribution >= 0.6 is 0 Å². The molecule has 0 radical (unpaired) electrons. The van der Waals surface area contributed by atoms with Gasteiger partial charge in [0.25, 0.3) is 0 Å². The van der Waals surface area contributed by atoms with Crippen molar-refractivity contribution in [2.45, 2.75) is 27.2 Å². The fourth-order valence-electron chi connectivity index (χ4n) is 1.49. The van der Waals surface area contributed by atoms with E-state index in [1.165, 1.54) is 0 Å². The maximum atomic E-state index is 11.6. The van der Waals surface area contributed by atoms with Crippen molar-refractivity contribution >= 4 is 5.78 Å². The number of ketones is 1. The fraction of sp³-hybridized carbons (Fsp3) is 0.385. The van der Waals surface area contributed by atoms with Gasteiger partial charge in [0, 0.05) is 23.9 Å². The number of nitrogens with zero attached hydrogens (tertiary/aromatic N) is 3. The first-order chi connectivity index (χ1) is 8.58. The second-order valence-electron chi connectivity index (χ2n) is 4.50. The highest BCUT2D eigenvalue weighted by molar-refractivity contribution is 5.81. The summed E-state index contributed by atoms with van der Waals surface area (Å²) >= 11 is 0. The van der Waals surface area contributed by atoms with Crippen LogP contribution in [0.3, 0.4) is 0 Å². The van der Waals surface area contributed by atoms with Crippen molar-refractivity contribution in [3.05, 3.63) is 29.9 Å². The summed E-state index contributed by atoms with van der Waals surface area (Å²) in [6.45, 7) is 5.65. The molecule has 94 valence electrons. The zero-order valence-electron chi connectivity index (χ0n) is 10.7. The minimum Gasteiger partial charge on any atom is -0.338 e. The number of hydrogen-bond donors (Lipinski definition) is 0. The highest BCUT2D eigenvalue weighted by Gasteiger charge is 2.15. The Kier molecular flexibility index (Phi) is 3.50. The molecule has 0 N–H and O–H groups in total. The Hall–Kier alpha value is -2.04. The Balaban J connectivity index is 2.21. The molecule has 18 heavy (non-hydrogen) atoms. The quantitative estimate of drug-likeness (QED) is 0.826. The number of pyridine rings is 1. The predicted molar refractivity (Wildman–Crippen MR) is 65.8 cm³/mol. The van der Waals surface area contributed by atoms with Crippen molar-refractivity contribution in [1.82, 2.24) is 15.1 Å². The molecule has 0 amide bonds. The van der Waals surface area contributed by atoms with Gasteiger partial charge in [-0.05, 0) is 18.6 Å². The minimum absolute atomic E-state index is 0.0273. The van der Waals surface area contributed by atoms with E-state index < -0.39 is 0 Å². The van der Waals surface area contributed by atoms with Crippen molar-refractivity contribution in [3.63, 3.8) is 0 Å². The van der Waals surface area contributed by atoms with Gasteiger partial charge < -0.3 is 4.52 Å². The molecule has 5 heteroatoms. The molecular formula is C13H15N3O2.